The summed E-state index contributed by atoms with van der Waals surface area (Å²) in [5.74, 6) is -0.0923. The summed E-state index contributed by atoms with van der Waals surface area (Å²) in [6, 6.07) is 6.28. The molecular formula is C18H13Br2NO6. The molecule has 1 heterocycles. The third kappa shape index (κ3) is 3.84. The molecule has 0 atom stereocenters. The number of hydrogen-bond donors (Lipinski definition) is 0. The highest BCUT2D eigenvalue weighted by Crippen LogP contribution is 2.52. The maximum Gasteiger partial charge on any atom is 0.308 e. The van der Waals surface area contributed by atoms with E-state index in [9.17, 15) is 14.4 Å². The van der Waals surface area contributed by atoms with Gasteiger partial charge in [0, 0.05) is 32.9 Å². The van der Waals surface area contributed by atoms with Crippen molar-refractivity contribution in [3.63, 3.8) is 0 Å². The first kappa shape index (κ1) is 19.4. The molecule has 1 aliphatic heterocycles. The minimum atomic E-state index is -0.489. The normalized spacial score (nSPS) is 11.8. The lowest BCUT2D eigenvalue weighted by molar-refractivity contribution is -0.132. The number of esters is 2. The fraction of sp³-hybridized carbons (Fsp3) is 0.167. The quantitative estimate of drug-likeness (QED) is 0.434. The van der Waals surface area contributed by atoms with Crippen molar-refractivity contribution in [1.82, 2.24) is 0 Å². The largest absolute Gasteiger partial charge is 0.453 e. The van der Waals surface area contributed by atoms with Crippen LogP contribution in [-0.4, -0.2) is 17.8 Å². The molecule has 0 aliphatic carbocycles. The second-order valence-corrected chi connectivity index (χ2v) is 7.35. The maximum absolute atomic E-state index is 12.3. The third-order valence-corrected chi connectivity index (χ3v) is 4.79. The minimum absolute atomic E-state index is 0.250. The second-order valence-electron chi connectivity index (χ2n) is 5.64. The van der Waals surface area contributed by atoms with Crippen molar-refractivity contribution in [2.24, 2.45) is 0 Å². The van der Waals surface area contributed by atoms with Crippen LogP contribution in [0.2, 0.25) is 0 Å². The monoisotopic (exact) mass is 497 g/mol. The Hall–Kier alpha value is -2.39. The standard InChI is InChI=1S/C18H13Br2NO6/c1-8(22)21-13-4-11(19)15(25-9(2)23)6-17(13)27-18-7-16(26-10(3)24)12(20)5-14(18)21/h4-7H,1-3H3. The fourth-order valence-corrected chi connectivity index (χ4v) is 3.44. The van der Waals surface area contributed by atoms with Crippen LogP contribution >= 0.6 is 31.9 Å². The Morgan fingerprint density at radius 3 is 1.56 bits per heavy atom. The molecule has 1 aliphatic rings. The van der Waals surface area contributed by atoms with Gasteiger partial charge in [-0.2, -0.15) is 0 Å². The summed E-state index contributed by atoms with van der Waals surface area (Å²) in [6.45, 7) is 3.99. The first-order valence-electron chi connectivity index (χ1n) is 7.70. The van der Waals surface area contributed by atoms with E-state index in [4.69, 9.17) is 14.2 Å². The molecule has 27 heavy (non-hydrogen) atoms. The Labute approximate surface area is 171 Å². The van der Waals surface area contributed by atoms with Crippen LogP contribution in [0.3, 0.4) is 0 Å². The van der Waals surface area contributed by atoms with E-state index in [1.807, 2.05) is 0 Å². The molecule has 0 N–H and O–H groups in total. The van der Waals surface area contributed by atoms with Gasteiger partial charge in [-0.25, -0.2) is 0 Å². The maximum atomic E-state index is 12.3. The van der Waals surface area contributed by atoms with E-state index in [1.165, 1.54) is 37.8 Å². The highest BCUT2D eigenvalue weighted by Gasteiger charge is 2.30. The van der Waals surface area contributed by atoms with E-state index in [1.54, 1.807) is 12.1 Å². The third-order valence-electron chi connectivity index (χ3n) is 3.55. The van der Waals surface area contributed by atoms with Gasteiger partial charge in [-0.1, -0.05) is 0 Å². The molecule has 2 aromatic rings. The van der Waals surface area contributed by atoms with Crippen LogP contribution in [0.1, 0.15) is 20.8 Å². The van der Waals surface area contributed by atoms with Gasteiger partial charge in [0.2, 0.25) is 5.91 Å². The zero-order valence-corrected chi connectivity index (χ0v) is 17.6. The molecule has 0 fully saturated rings. The number of amides is 1. The fourth-order valence-electron chi connectivity index (χ4n) is 2.62. The lowest BCUT2D eigenvalue weighted by Crippen LogP contribution is -2.26. The van der Waals surface area contributed by atoms with Gasteiger partial charge in [-0.15, -0.1) is 0 Å². The summed E-state index contributed by atoms with van der Waals surface area (Å²) >= 11 is 6.67. The number of benzene rings is 2. The number of fused-ring (bicyclic) bond motifs is 2. The Balaban J connectivity index is 2.16. The number of halogens is 2. The van der Waals surface area contributed by atoms with Gasteiger partial charge in [-0.05, 0) is 44.0 Å². The second kappa shape index (κ2) is 7.32. The molecule has 0 unspecified atom stereocenters. The molecule has 140 valence electrons. The first-order chi connectivity index (χ1) is 12.7. The molecule has 1 amide bonds. The van der Waals surface area contributed by atoms with E-state index >= 15 is 0 Å². The van der Waals surface area contributed by atoms with Crippen LogP contribution in [0.5, 0.6) is 23.0 Å². The van der Waals surface area contributed by atoms with Crippen molar-refractivity contribution >= 4 is 61.1 Å². The van der Waals surface area contributed by atoms with Gasteiger partial charge in [0.1, 0.15) is 11.5 Å². The van der Waals surface area contributed by atoms with E-state index in [0.29, 0.717) is 31.8 Å². The van der Waals surface area contributed by atoms with Crippen LogP contribution in [0.15, 0.2) is 33.2 Å². The minimum Gasteiger partial charge on any atom is -0.453 e. The number of carbonyl (C=O) groups excluding carboxylic acids is 3. The molecule has 9 heteroatoms. The lowest BCUT2D eigenvalue weighted by Gasteiger charge is -2.31. The van der Waals surface area contributed by atoms with Crippen LogP contribution in [0.4, 0.5) is 11.4 Å². The summed E-state index contributed by atoms with van der Waals surface area (Å²) in [6.07, 6.45) is 0. The number of anilines is 2. The predicted molar refractivity (Wildman–Crippen MR) is 104 cm³/mol. The van der Waals surface area contributed by atoms with Crippen molar-refractivity contribution in [3.05, 3.63) is 33.2 Å². The van der Waals surface area contributed by atoms with Crippen molar-refractivity contribution in [2.45, 2.75) is 20.8 Å². The Bertz CT molecular complexity index is 917. The lowest BCUT2D eigenvalue weighted by atomic mass is 10.1. The van der Waals surface area contributed by atoms with Crippen molar-refractivity contribution in [3.8, 4) is 23.0 Å². The van der Waals surface area contributed by atoms with Crippen LogP contribution < -0.4 is 19.1 Å². The molecule has 2 aromatic carbocycles. The van der Waals surface area contributed by atoms with Crippen LogP contribution in [-0.2, 0) is 14.4 Å². The molecule has 0 saturated carbocycles. The van der Waals surface area contributed by atoms with Crippen LogP contribution in [0.25, 0.3) is 0 Å². The Morgan fingerprint density at radius 2 is 1.22 bits per heavy atom. The molecule has 0 spiro atoms. The van der Waals surface area contributed by atoms with Crippen molar-refractivity contribution < 1.29 is 28.6 Å². The summed E-state index contributed by atoms with van der Waals surface area (Å²) in [5.41, 5.74) is 0.954. The van der Waals surface area contributed by atoms with Crippen LogP contribution in [0, 0.1) is 0 Å². The van der Waals surface area contributed by atoms with E-state index in [2.05, 4.69) is 31.9 Å². The number of carbonyl (C=O) groups is 3. The smallest absolute Gasteiger partial charge is 0.308 e. The SMILES string of the molecule is CC(=O)Oc1cc2c(cc1Br)N(C(C)=O)c1cc(Br)c(OC(C)=O)cc1O2. The van der Waals surface area contributed by atoms with Gasteiger partial charge in [-0.3, -0.25) is 19.3 Å². The zero-order valence-electron chi connectivity index (χ0n) is 14.5. The molecular weight excluding hydrogens is 486 g/mol. The molecule has 0 saturated heterocycles. The summed E-state index contributed by atoms with van der Waals surface area (Å²) in [4.78, 5) is 36.4. The highest BCUT2D eigenvalue weighted by molar-refractivity contribution is 9.11. The number of hydrogen-bond acceptors (Lipinski definition) is 6. The molecule has 0 radical (unpaired) electrons. The first-order valence-corrected chi connectivity index (χ1v) is 9.28. The van der Waals surface area contributed by atoms with Crippen molar-refractivity contribution in [1.29, 1.82) is 0 Å². The Morgan fingerprint density at radius 1 is 0.815 bits per heavy atom. The molecule has 3 rings (SSSR count). The van der Waals surface area contributed by atoms with Gasteiger partial charge in [0.05, 0.1) is 20.3 Å². The van der Waals surface area contributed by atoms with E-state index in [0.717, 1.165) is 0 Å². The van der Waals surface area contributed by atoms with E-state index < -0.39 is 11.9 Å². The topological polar surface area (TPSA) is 82.1 Å². The van der Waals surface area contributed by atoms with Gasteiger partial charge < -0.3 is 14.2 Å². The average molecular weight is 499 g/mol. The van der Waals surface area contributed by atoms with E-state index in [-0.39, 0.29) is 17.4 Å². The van der Waals surface area contributed by atoms with Gasteiger partial charge >= 0.3 is 11.9 Å². The number of rotatable bonds is 2. The predicted octanol–water partition coefficient (Wildman–Crippen LogP) is 4.85. The zero-order chi connectivity index (χ0) is 19.9. The highest BCUT2D eigenvalue weighted by atomic mass is 79.9. The average Bonchev–Trinajstić information content (AvgIpc) is 2.54. The van der Waals surface area contributed by atoms with Gasteiger partial charge in [0.25, 0.3) is 0 Å². The van der Waals surface area contributed by atoms with Gasteiger partial charge in [0.15, 0.2) is 11.5 Å². The number of ether oxygens (including phenoxy) is 3. The summed E-state index contributed by atoms with van der Waals surface area (Å²) < 4.78 is 17.2. The molecule has 7 nitrogen and oxygen atoms in total. The van der Waals surface area contributed by atoms with Crippen molar-refractivity contribution in [2.75, 3.05) is 4.90 Å². The summed E-state index contributed by atoms with van der Waals surface area (Å²) in [5, 5.41) is 0. The molecule has 0 bridgehead atoms. The molecule has 0 aromatic heterocycles. The number of nitrogens with zero attached hydrogens (tertiary/aromatic N) is 1. The summed E-state index contributed by atoms with van der Waals surface area (Å²) in [7, 11) is 0. The Kier molecular flexibility index (Phi) is 5.25.